The standard InChI is InChI=1S/C37H46FNO14/c1-33(2)52-30-18-25-24-10-9-22-17-23(40)12-13-34(22,3)36(24,38)28(41)19-35(25,4)37(30,53-33)29(42)20-49-32(44)51-26-11-8-21(16-27(26)47-5)31(43)48-14-6-7-15-50-39(45)46/h8,11-13,16-17,24-25,28,30,41,45-46H,6-7,9-10,14-15,18-20H2,1-5H3/t24?,25-,28-,30+,34-,35-,36-,37+/m0/s1. The van der Waals surface area contributed by atoms with Crippen LogP contribution in [-0.2, 0) is 33.4 Å². The molecule has 5 aliphatic rings. The van der Waals surface area contributed by atoms with Gasteiger partial charge in [0, 0.05) is 16.7 Å². The molecule has 290 valence electrons. The summed E-state index contributed by atoms with van der Waals surface area (Å²) in [4.78, 5) is 56.5. The van der Waals surface area contributed by atoms with Gasteiger partial charge in [0.1, 0.15) is 0 Å². The van der Waals surface area contributed by atoms with Crippen LogP contribution in [0.2, 0.25) is 0 Å². The van der Waals surface area contributed by atoms with E-state index in [1.165, 1.54) is 37.5 Å². The Balaban J connectivity index is 1.14. The molecule has 1 unspecified atom stereocenters. The molecule has 1 saturated heterocycles. The second kappa shape index (κ2) is 14.1. The van der Waals surface area contributed by atoms with Crippen LogP contribution in [0.4, 0.5) is 9.18 Å². The molecular weight excluding hydrogens is 701 g/mol. The second-order valence-electron chi connectivity index (χ2n) is 15.2. The molecule has 1 heterocycles. The van der Waals surface area contributed by atoms with Gasteiger partial charge in [-0.1, -0.05) is 18.6 Å². The van der Waals surface area contributed by atoms with Crippen LogP contribution in [0.5, 0.6) is 11.5 Å². The number of ether oxygens (including phenoxy) is 6. The number of rotatable bonds is 12. The van der Waals surface area contributed by atoms with Crippen molar-refractivity contribution in [1.29, 1.82) is 0 Å². The molecule has 4 aliphatic carbocycles. The van der Waals surface area contributed by atoms with E-state index in [1.54, 1.807) is 26.8 Å². The number of methoxy groups -OCH3 is 1. The Kier molecular flexibility index (Phi) is 10.4. The average molecular weight is 748 g/mol. The van der Waals surface area contributed by atoms with E-state index in [0.717, 1.165) is 0 Å². The van der Waals surface area contributed by atoms with E-state index in [1.807, 2.05) is 6.92 Å². The summed E-state index contributed by atoms with van der Waals surface area (Å²) in [5.41, 5.74) is -5.41. The van der Waals surface area contributed by atoms with Gasteiger partial charge in [0.15, 0.2) is 40.9 Å². The summed E-state index contributed by atoms with van der Waals surface area (Å²) in [6.45, 7) is 6.10. The van der Waals surface area contributed by atoms with Gasteiger partial charge in [-0.2, -0.15) is 0 Å². The van der Waals surface area contributed by atoms with E-state index in [0.29, 0.717) is 31.3 Å². The van der Waals surface area contributed by atoms with E-state index in [2.05, 4.69) is 4.84 Å². The van der Waals surface area contributed by atoms with Crippen LogP contribution in [0.1, 0.15) is 76.6 Å². The lowest BCUT2D eigenvalue weighted by Gasteiger charge is -2.62. The number of Topliss-reactive ketones (excluding diaryl/α,β-unsaturated/α-hetero) is 1. The van der Waals surface area contributed by atoms with Crippen molar-refractivity contribution in [3.05, 3.63) is 47.6 Å². The molecule has 6 rings (SSSR count). The Morgan fingerprint density at radius 3 is 2.49 bits per heavy atom. The number of carbonyl (C=O) groups excluding carboxylic acids is 4. The third-order valence-corrected chi connectivity index (χ3v) is 11.9. The van der Waals surface area contributed by atoms with Gasteiger partial charge in [-0.3, -0.25) is 24.8 Å². The predicted octanol–water partition coefficient (Wildman–Crippen LogP) is 4.60. The van der Waals surface area contributed by atoms with Crippen LogP contribution >= 0.6 is 0 Å². The van der Waals surface area contributed by atoms with Gasteiger partial charge in [-0.25, -0.2) is 14.0 Å². The van der Waals surface area contributed by atoms with E-state index >= 15 is 4.39 Å². The molecule has 0 amide bonds. The third-order valence-electron chi connectivity index (χ3n) is 11.9. The Morgan fingerprint density at radius 1 is 1.04 bits per heavy atom. The number of hydrogen-bond acceptors (Lipinski definition) is 15. The minimum atomic E-state index is -2.12. The quantitative estimate of drug-likeness (QED) is 0.116. The molecule has 15 nitrogen and oxygen atoms in total. The van der Waals surface area contributed by atoms with Crippen molar-refractivity contribution in [3.63, 3.8) is 0 Å². The summed E-state index contributed by atoms with van der Waals surface area (Å²) in [5.74, 6) is -3.99. The van der Waals surface area contributed by atoms with Crippen molar-refractivity contribution >= 4 is 23.7 Å². The van der Waals surface area contributed by atoms with Crippen molar-refractivity contribution in [2.45, 2.75) is 95.5 Å². The fraction of sp³-hybridized carbons (Fsp3) is 0.622. The van der Waals surface area contributed by atoms with E-state index < -0.39 is 81.8 Å². The summed E-state index contributed by atoms with van der Waals surface area (Å²) in [7, 11) is 1.30. The van der Waals surface area contributed by atoms with Crippen molar-refractivity contribution in [1.82, 2.24) is 5.39 Å². The van der Waals surface area contributed by atoms with Crippen LogP contribution < -0.4 is 9.47 Å². The van der Waals surface area contributed by atoms with E-state index in [9.17, 15) is 24.3 Å². The number of nitrogens with zero attached hydrogens (tertiary/aromatic N) is 1. The first-order chi connectivity index (χ1) is 24.9. The van der Waals surface area contributed by atoms with Crippen LogP contribution in [0.3, 0.4) is 0 Å². The number of aliphatic hydroxyl groups is 1. The number of halogens is 1. The first-order valence-corrected chi connectivity index (χ1v) is 17.6. The average Bonchev–Trinajstić information content (AvgIpc) is 3.51. The normalized spacial score (nSPS) is 35.1. The molecule has 0 radical (unpaired) electrons. The van der Waals surface area contributed by atoms with Gasteiger partial charge in [-0.15, -0.1) is 0 Å². The molecule has 4 fully saturated rings. The molecule has 1 aromatic carbocycles. The molecule has 3 N–H and O–H groups in total. The maximum Gasteiger partial charge on any atom is 0.514 e. The number of fused-ring (bicyclic) bond motifs is 7. The van der Waals surface area contributed by atoms with E-state index in [-0.39, 0.29) is 48.9 Å². The highest BCUT2D eigenvalue weighted by Gasteiger charge is 2.80. The van der Waals surface area contributed by atoms with Gasteiger partial charge in [-0.05, 0) is 95.6 Å². The molecule has 0 aromatic heterocycles. The fourth-order valence-electron chi connectivity index (χ4n) is 9.64. The molecule has 53 heavy (non-hydrogen) atoms. The molecule has 0 spiro atoms. The van der Waals surface area contributed by atoms with Crippen LogP contribution in [-0.4, -0.2) is 101 Å². The zero-order chi connectivity index (χ0) is 38.6. The van der Waals surface area contributed by atoms with Crippen LogP contribution in [0, 0.1) is 22.7 Å². The molecule has 1 aromatic rings. The van der Waals surface area contributed by atoms with Crippen molar-refractivity contribution < 1.29 is 72.3 Å². The predicted molar refractivity (Wildman–Crippen MR) is 177 cm³/mol. The first-order valence-electron chi connectivity index (χ1n) is 17.6. The molecular formula is C37H46FNO14. The fourth-order valence-corrected chi connectivity index (χ4v) is 9.64. The maximum absolute atomic E-state index is 17.7. The number of unbranched alkanes of at least 4 members (excludes halogenated alkanes) is 1. The van der Waals surface area contributed by atoms with Gasteiger partial charge in [0.25, 0.3) is 0 Å². The number of ketones is 2. The Bertz CT molecular complexity index is 1710. The Hall–Kier alpha value is -3.77. The monoisotopic (exact) mass is 747 g/mol. The highest BCUT2D eigenvalue weighted by atomic mass is 19.1. The topological polar surface area (TPSA) is 197 Å². The van der Waals surface area contributed by atoms with Crippen LogP contribution in [0.15, 0.2) is 42.0 Å². The zero-order valence-electron chi connectivity index (χ0n) is 30.3. The zero-order valence-corrected chi connectivity index (χ0v) is 30.3. The maximum atomic E-state index is 17.7. The minimum Gasteiger partial charge on any atom is -0.493 e. The van der Waals surface area contributed by atoms with E-state index in [4.69, 9.17) is 38.8 Å². The lowest BCUT2D eigenvalue weighted by atomic mass is 9.44. The largest absolute Gasteiger partial charge is 0.514 e. The number of benzene rings is 1. The van der Waals surface area contributed by atoms with Crippen molar-refractivity contribution in [3.8, 4) is 11.5 Å². The molecule has 0 bridgehead atoms. The Morgan fingerprint density at radius 2 is 1.77 bits per heavy atom. The summed E-state index contributed by atoms with van der Waals surface area (Å²) >= 11 is 0. The van der Waals surface area contributed by atoms with Crippen molar-refractivity contribution in [2.75, 3.05) is 26.9 Å². The molecule has 1 aliphatic heterocycles. The second-order valence-corrected chi connectivity index (χ2v) is 15.2. The Labute approximate surface area is 305 Å². The third kappa shape index (κ3) is 6.47. The SMILES string of the molecule is COc1cc(C(=O)OCCCCON(O)O)ccc1OC(=O)OCC(=O)[C@@]12OC(C)(C)O[C@@H]1C[C@H]1C3CCC4=CC(=O)C=C[C@]4(C)[C@@]3(F)[C@@H](O)C[C@@]12C. The summed E-state index contributed by atoms with van der Waals surface area (Å²) in [6, 6.07) is 3.94. The highest BCUT2D eigenvalue weighted by Crippen LogP contribution is 2.72. The highest BCUT2D eigenvalue weighted by molar-refractivity contribution is 6.01. The van der Waals surface area contributed by atoms with Crippen molar-refractivity contribution in [2.24, 2.45) is 22.7 Å². The summed E-state index contributed by atoms with van der Waals surface area (Å²) < 4.78 is 51.6. The number of aliphatic hydroxyl groups excluding tert-OH is 1. The summed E-state index contributed by atoms with van der Waals surface area (Å²) in [6.07, 6.45) is 2.48. The number of hydrogen-bond donors (Lipinski definition) is 3. The van der Waals surface area contributed by atoms with Gasteiger partial charge in [0.05, 0.1) is 43.5 Å². The first kappa shape index (κ1) is 38.9. The summed E-state index contributed by atoms with van der Waals surface area (Å²) in [5, 5.41) is 28.4. The number of alkyl halides is 1. The number of allylic oxidation sites excluding steroid dienone is 4. The van der Waals surface area contributed by atoms with Gasteiger partial charge < -0.3 is 33.5 Å². The smallest absolute Gasteiger partial charge is 0.493 e. The van der Waals surface area contributed by atoms with Gasteiger partial charge in [0.2, 0.25) is 5.78 Å². The molecule has 3 saturated carbocycles. The molecule has 16 heteroatoms. The lowest BCUT2D eigenvalue weighted by Crippen LogP contribution is -2.70. The van der Waals surface area contributed by atoms with Gasteiger partial charge >= 0.3 is 12.1 Å². The lowest BCUT2D eigenvalue weighted by molar-refractivity contribution is -0.492. The number of esters is 1. The van der Waals surface area contributed by atoms with Crippen LogP contribution in [0.25, 0.3) is 0 Å². The number of carbonyl (C=O) groups is 4. The molecule has 8 atom stereocenters. The minimum absolute atomic E-state index is 0.00319.